The van der Waals surface area contributed by atoms with Gasteiger partial charge >= 0.3 is 39.5 Å². The Kier molecular flexibility index (Phi) is 61.8. The first-order valence-corrected chi connectivity index (χ1v) is 40.0. The minimum atomic E-state index is -4.95. The van der Waals surface area contributed by atoms with Crippen LogP contribution in [0.5, 0.6) is 0 Å². The number of aliphatic hydroxyl groups is 1. The lowest BCUT2D eigenvalue weighted by molar-refractivity contribution is -0.161. The second-order valence-corrected chi connectivity index (χ2v) is 29.5. The molecule has 2 unspecified atom stereocenters. The van der Waals surface area contributed by atoms with E-state index in [1.54, 1.807) is 0 Å². The van der Waals surface area contributed by atoms with Gasteiger partial charge in [-0.15, -0.1) is 0 Å². The average Bonchev–Trinajstić information content (AvgIpc) is 2.68. The standard InChI is InChI=1S/C71H138O17P2/c1-7-9-11-13-14-15-16-17-19-23-26-31-36-42-48-54-69(74)82-60-67(88-70(75)55-49-43-37-32-27-24-21-18-20-22-25-29-34-40-45-51-63(3)4)62-86-90(79,80)84-58-65(72)57-83-89(77,78)85-61-66(59-81-68(73)53-47-39-12-10-8-2)87-71(76)56-50-44-38-33-28-30-35-41-46-52-64(5)6/h63-67,72H,7-62H2,1-6H3,(H,77,78)(H,79,80)/t65-,66+,67+/m0/s1. The van der Waals surface area contributed by atoms with Crippen molar-refractivity contribution in [3.05, 3.63) is 0 Å². The van der Waals surface area contributed by atoms with Crippen LogP contribution in [0.2, 0.25) is 0 Å². The predicted octanol–water partition coefficient (Wildman–Crippen LogP) is 20.4. The van der Waals surface area contributed by atoms with Crippen molar-refractivity contribution < 1.29 is 80.2 Å². The monoisotopic (exact) mass is 1320 g/mol. The number of esters is 4. The van der Waals surface area contributed by atoms with Gasteiger partial charge in [-0.1, -0.05) is 311 Å². The molecular weight excluding hydrogens is 1190 g/mol. The van der Waals surface area contributed by atoms with E-state index in [1.807, 2.05) is 0 Å². The maximum absolute atomic E-state index is 13.0. The number of rotatable bonds is 70. The van der Waals surface area contributed by atoms with Crippen molar-refractivity contribution in [2.45, 2.75) is 381 Å². The molecule has 0 aromatic carbocycles. The molecule has 0 aromatic heterocycles. The Morgan fingerprint density at radius 3 is 0.756 bits per heavy atom. The molecule has 0 fully saturated rings. The molecule has 0 bridgehead atoms. The first-order chi connectivity index (χ1) is 43.4. The summed E-state index contributed by atoms with van der Waals surface area (Å²) in [5.41, 5.74) is 0. The van der Waals surface area contributed by atoms with E-state index in [1.165, 1.54) is 173 Å². The highest BCUT2D eigenvalue weighted by molar-refractivity contribution is 7.47. The topological polar surface area (TPSA) is 237 Å². The number of carbonyl (C=O) groups excluding carboxylic acids is 4. The van der Waals surface area contributed by atoms with Gasteiger partial charge in [0.2, 0.25) is 0 Å². The number of hydrogen-bond donors (Lipinski definition) is 3. The van der Waals surface area contributed by atoms with Gasteiger partial charge in [-0.25, -0.2) is 9.13 Å². The Morgan fingerprint density at radius 2 is 0.511 bits per heavy atom. The lowest BCUT2D eigenvalue weighted by Gasteiger charge is -2.21. The summed E-state index contributed by atoms with van der Waals surface area (Å²) < 4.78 is 68.1. The Hall–Kier alpha value is -1.94. The van der Waals surface area contributed by atoms with Gasteiger partial charge in [0, 0.05) is 25.7 Å². The zero-order chi connectivity index (χ0) is 66.5. The third-order valence-electron chi connectivity index (χ3n) is 16.5. The molecule has 0 radical (unpaired) electrons. The van der Waals surface area contributed by atoms with Crippen molar-refractivity contribution in [1.29, 1.82) is 0 Å². The molecule has 0 amide bonds. The molecule has 0 rings (SSSR count). The first-order valence-electron chi connectivity index (χ1n) is 37.0. The van der Waals surface area contributed by atoms with E-state index in [2.05, 4.69) is 41.5 Å². The molecule has 3 N–H and O–H groups in total. The number of ether oxygens (including phenoxy) is 4. The Bertz CT molecular complexity index is 1750. The molecule has 0 aromatic rings. The fraction of sp³-hybridized carbons (Fsp3) is 0.944. The largest absolute Gasteiger partial charge is 0.472 e. The van der Waals surface area contributed by atoms with Crippen LogP contribution in [0.1, 0.15) is 363 Å². The average molecular weight is 1330 g/mol. The fourth-order valence-electron chi connectivity index (χ4n) is 10.8. The van der Waals surface area contributed by atoms with Crippen LogP contribution in [0.4, 0.5) is 0 Å². The minimum Gasteiger partial charge on any atom is -0.462 e. The van der Waals surface area contributed by atoms with Gasteiger partial charge in [-0.3, -0.25) is 37.3 Å². The lowest BCUT2D eigenvalue weighted by atomic mass is 10.0. The Morgan fingerprint density at radius 1 is 0.300 bits per heavy atom. The van der Waals surface area contributed by atoms with Crippen molar-refractivity contribution in [1.82, 2.24) is 0 Å². The normalized spacial score (nSPS) is 14.1. The molecule has 0 heterocycles. The number of hydrogen-bond acceptors (Lipinski definition) is 15. The van der Waals surface area contributed by atoms with Crippen molar-refractivity contribution in [2.75, 3.05) is 39.6 Å². The maximum Gasteiger partial charge on any atom is 0.472 e. The molecule has 534 valence electrons. The summed E-state index contributed by atoms with van der Waals surface area (Å²) in [6.07, 6.45) is 49.0. The minimum absolute atomic E-state index is 0.104. The third kappa shape index (κ3) is 64.8. The van der Waals surface area contributed by atoms with Crippen LogP contribution in [-0.2, 0) is 65.4 Å². The Labute approximate surface area is 549 Å². The van der Waals surface area contributed by atoms with Crippen LogP contribution in [0.15, 0.2) is 0 Å². The van der Waals surface area contributed by atoms with E-state index in [9.17, 15) is 43.2 Å². The predicted molar refractivity (Wildman–Crippen MR) is 363 cm³/mol. The molecule has 0 aliphatic heterocycles. The highest BCUT2D eigenvalue weighted by Gasteiger charge is 2.30. The molecule has 19 heteroatoms. The van der Waals surface area contributed by atoms with Crippen LogP contribution in [0, 0.1) is 11.8 Å². The van der Waals surface area contributed by atoms with Gasteiger partial charge in [-0.05, 0) is 37.5 Å². The van der Waals surface area contributed by atoms with Crippen molar-refractivity contribution >= 4 is 39.5 Å². The van der Waals surface area contributed by atoms with Crippen molar-refractivity contribution in [2.24, 2.45) is 11.8 Å². The summed E-state index contributed by atoms with van der Waals surface area (Å²) in [5.74, 6) is -0.594. The van der Waals surface area contributed by atoms with Gasteiger partial charge < -0.3 is 33.8 Å². The van der Waals surface area contributed by atoms with Crippen LogP contribution in [-0.4, -0.2) is 96.7 Å². The highest BCUT2D eigenvalue weighted by atomic mass is 31.2. The molecule has 0 saturated carbocycles. The molecule has 0 aliphatic rings. The zero-order valence-electron chi connectivity index (χ0n) is 58.4. The molecule has 0 saturated heterocycles. The summed E-state index contributed by atoms with van der Waals surface area (Å²) >= 11 is 0. The molecule has 0 aliphatic carbocycles. The van der Waals surface area contributed by atoms with Gasteiger partial charge in [-0.2, -0.15) is 0 Å². The van der Waals surface area contributed by atoms with E-state index in [-0.39, 0.29) is 25.7 Å². The van der Waals surface area contributed by atoms with E-state index < -0.39 is 97.5 Å². The van der Waals surface area contributed by atoms with E-state index in [4.69, 9.17) is 37.0 Å². The van der Waals surface area contributed by atoms with Crippen molar-refractivity contribution in [3.63, 3.8) is 0 Å². The van der Waals surface area contributed by atoms with Crippen LogP contribution >= 0.6 is 15.6 Å². The lowest BCUT2D eigenvalue weighted by Crippen LogP contribution is -2.30. The molecular formula is C71H138O17P2. The maximum atomic E-state index is 13.0. The van der Waals surface area contributed by atoms with Gasteiger partial charge in [0.15, 0.2) is 12.2 Å². The van der Waals surface area contributed by atoms with E-state index in [0.29, 0.717) is 25.7 Å². The van der Waals surface area contributed by atoms with Crippen LogP contribution in [0.25, 0.3) is 0 Å². The van der Waals surface area contributed by atoms with Gasteiger partial charge in [0.05, 0.1) is 26.4 Å². The summed E-state index contributed by atoms with van der Waals surface area (Å²) in [5, 5.41) is 10.6. The van der Waals surface area contributed by atoms with Crippen LogP contribution in [0.3, 0.4) is 0 Å². The quantitative estimate of drug-likeness (QED) is 0.0222. The van der Waals surface area contributed by atoms with Gasteiger partial charge in [0.1, 0.15) is 19.3 Å². The number of unbranched alkanes of at least 4 members (excludes halogenated alkanes) is 40. The van der Waals surface area contributed by atoms with Crippen molar-refractivity contribution in [3.8, 4) is 0 Å². The Balaban J connectivity index is 5.15. The SMILES string of the molecule is CCCCCCCCCCCCCCCCCC(=O)OC[C@H](COP(=O)(O)OC[C@@H](O)COP(=O)(O)OC[C@@H](COC(=O)CCCCCCC)OC(=O)CCCCCCCCCCCC(C)C)OC(=O)CCCCCCCCCCCCCCCCCC(C)C. The van der Waals surface area contributed by atoms with E-state index >= 15 is 0 Å². The number of phosphoric acid groups is 2. The summed E-state index contributed by atoms with van der Waals surface area (Å²) in [6, 6.07) is 0. The number of phosphoric ester groups is 2. The second-order valence-electron chi connectivity index (χ2n) is 26.6. The molecule has 5 atom stereocenters. The summed E-state index contributed by atoms with van der Waals surface area (Å²) in [6.45, 7) is 9.47. The summed E-state index contributed by atoms with van der Waals surface area (Å²) in [4.78, 5) is 72.3. The molecule has 90 heavy (non-hydrogen) atoms. The first kappa shape index (κ1) is 88.1. The van der Waals surface area contributed by atoms with E-state index in [0.717, 1.165) is 108 Å². The molecule has 0 spiro atoms. The number of aliphatic hydroxyl groups excluding tert-OH is 1. The van der Waals surface area contributed by atoms with Crippen LogP contribution < -0.4 is 0 Å². The fourth-order valence-corrected chi connectivity index (χ4v) is 12.3. The second kappa shape index (κ2) is 63.1. The zero-order valence-corrected chi connectivity index (χ0v) is 60.2. The third-order valence-corrected chi connectivity index (χ3v) is 18.4. The molecule has 17 nitrogen and oxygen atoms in total. The smallest absolute Gasteiger partial charge is 0.462 e. The summed E-state index contributed by atoms with van der Waals surface area (Å²) in [7, 11) is -9.89. The van der Waals surface area contributed by atoms with Gasteiger partial charge in [0.25, 0.3) is 0 Å². The highest BCUT2D eigenvalue weighted by Crippen LogP contribution is 2.45. The number of carbonyl (C=O) groups is 4.